The molecule has 5 nitrogen and oxygen atoms in total. The summed E-state index contributed by atoms with van der Waals surface area (Å²) in [7, 11) is 1.70. The molecule has 0 spiro atoms. The summed E-state index contributed by atoms with van der Waals surface area (Å²) < 4.78 is 0. The molecule has 1 aromatic carbocycles. The van der Waals surface area contributed by atoms with Crippen LogP contribution < -0.4 is 5.32 Å². The molecule has 0 aliphatic heterocycles. The smallest absolute Gasteiger partial charge is 0.317 e. The largest absolute Gasteiger partial charge is 0.481 e. The quantitative estimate of drug-likeness (QED) is 0.813. The number of benzene rings is 1. The van der Waals surface area contributed by atoms with Crippen molar-refractivity contribution in [2.24, 2.45) is 5.92 Å². The van der Waals surface area contributed by atoms with Crippen molar-refractivity contribution in [2.75, 3.05) is 13.6 Å². The highest BCUT2D eigenvalue weighted by molar-refractivity contribution is 6.30. The van der Waals surface area contributed by atoms with Gasteiger partial charge in [-0.05, 0) is 23.6 Å². The van der Waals surface area contributed by atoms with E-state index in [1.165, 1.54) is 0 Å². The Morgan fingerprint density at radius 1 is 1.33 bits per heavy atom. The summed E-state index contributed by atoms with van der Waals surface area (Å²) in [6.45, 7) is 2.75. The molecule has 1 aromatic rings. The molecule has 0 bridgehead atoms. The van der Waals surface area contributed by atoms with Crippen LogP contribution in [0.5, 0.6) is 0 Å². The molecule has 0 aliphatic carbocycles. The van der Waals surface area contributed by atoms with Gasteiger partial charge < -0.3 is 15.3 Å². The second kappa shape index (κ2) is 8.52. The number of hydrogen-bond acceptors (Lipinski definition) is 2. The van der Waals surface area contributed by atoms with Gasteiger partial charge in [-0.1, -0.05) is 37.1 Å². The van der Waals surface area contributed by atoms with E-state index < -0.39 is 5.97 Å². The SMILES string of the molecule is CCC(CNC(=O)N(C)Cc1ccc(Cl)cc1)CC(=O)O. The number of carbonyl (C=O) groups excluding carboxylic acids is 1. The number of urea groups is 1. The Labute approximate surface area is 129 Å². The number of nitrogens with one attached hydrogen (secondary N) is 1. The summed E-state index contributed by atoms with van der Waals surface area (Å²) in [4.78, 5) is 24.2. The maximum Gasteiger partial charge on any atom is 0.317 e. The lowest BCUT2D eigenvalue weighted by atomic mass is 10.0. The third-order valence-corrected chi connectivity index (χ3v) is 3.51. The van der Waals surface area contributed by atoms with Crippen molar-refractivity contribution in [1.29, 1.82) is 0 Å². The summed E-state index contributed by atoms with van der Waals surface area (Å²) >= 11 is 5.81. The van der Waals surface area contributed by atoms with Gasteiger partial charge in [-0.2, -0.15) is 0 Å². The van der Waals surface area contributed by atoms with Crippen LogP contribution in [0.3, 0.4) is 0 Å². The van der Waals surface area contributed by atoms with E-state index in [1.54, 1.807) is 24.1 Å². The molecule has 1 atom stereocenters. The first-order chi connectivity index (χ1) is 9.92. The molecule has 1 rings (SSSR count). The monoisotopic (exact) mass is 312 g/mol. The van der Waals surface area contributed by atoms with Gasteiger partial charge in [-0.3, -0.25) is 4.79 Å². The van der Waals surface area contributed by atoms with Crippen LogP contribution in [-0.4, -0.2) is 35.6 Å². The van der Waals surface area contributed by atoms with Crippen LogP contribution in [0.15, 0.2) is 24.3 Å². The van der Waals surface area contributed by atoms with Crippen molar-refractivity contribution in [2.45, 2.75) is 26.3 Å². The van der Waals surface area contributed by atoms with Crippen LogP contribution >= 0.6 is 11.6 Å². The number of hydrogen-bond donors (Lipinski definition) is 2. The number of nitrogens with zero attached hydrogens (tertiary/aromatic N) is 1. The fourth-order valence-electron chi connectivity index (χ4n) is 1.91. The van der Waals surface area contributed by atoms with Gasteiger partial charge in [-0.25, -0.2) is 4.79 Å². The second-order valence-electron chi connectivity index (χ2n) is 5.04. The molecule has 0 radical (unpaired) electrons. The minimum Gasteiger partial charge on any atom is -0.481 e. The summed E-state index contributed by atoms with van der Waals surface area (Å²) in [5.41, 5.74) is 0.981. The minimum absolute atomic E-state index is 0.0459. The maximum absolute atomic E-state index is 12.0. The molecule has 0 saturated carbocycles. The first kappa shape index (κ1) is 17.3. The van der Waals surface area contributed by atoms with E-state index in [9.17, 15) is 9.59 Å². The van der Waals surface area contributed by atoms with Gasteiger partial charge in [0.2, 0.25) is 0 Å². The summed E-state index contributed by atoms with van der Waals surface area (Å²) in [5.74, 6) is -0.888. The molecule has 0 aromatic heterocycles. The molecule has 0 saturated heterocycles. The average Bonchev–Trinajstić information content (AvgIpc) is 2.45. The van der Waals surface area contributed by atoms with Gasteiger partial charge >= 0.3 is 12.0 Å². The Balaban J connectivity index is 2.43. The van der Waals surface area contributed by atoms with E-state index in [4.69, 9.17) is 16.7 Å². The molecular formula is C15H21ClN2O3. The average molecular weight is 313 g/mol. The van der Waals surface area contributed by atoms with Crippen LogP contribution in [0.25, 0.3) is 0 Å². The van der Waals surface area contributed by atoms with Crippen LogP contribution in [0, 0.1) is 5.92 Å². The molecule has 0 aliphatic rings. The number of rotatable bonds is 7. The predicted molar refractivity (Wildman–Crippen MR) is 82.4 cm³/mol. The molecule has 0 heterocycles. The molecule has 0 fully saturated rings. The standard InChI is InChI=1S/C15H21ClN2O3/c1-3-11(8-14(19)20)9-17-15(21)18(2)10-12-4-6-13(16)7-5-12/h4-7,11H,3,8-10H2,1-2H3,(H,17,21)(H,19,20). The molecule has 6 heteroatoms. The molecule has 116 valence electrons. The van der Waals surface area contributed by atoms with Crippen molar-refractivity contribution < 1.29 is 14.7 Å². The fourth-order valence-corrected chi connectivity index (χ4v) is 2.04. The Morgan fingerprint density at radius 2 is 1.95 bits per heavy atom. The first-order valence-electron chi connectivity index (χ1n) is 6.87. The van der Waals surface area contributed by atoms with Crippen molar-refractivity contribution in [3.8, 4) is 0 Å². The molecule has 21 heavy (non-hydrogen) atoms. The van der Waals surface area contributed by atoms with Gasteiger partial charge in [0, 0.05) is 31.6 Å². The van der Waals surface area contributed by atoms with Crippen LogP contribution in [0.4, 0.5) is 4.79 Å². The number of carboxylic acid groups (broad SMARTS) is 1. The van der Waals surface area contributed by atoms with Gasteiger partial charge in [0.25, 0.3) is 0 Å². The lowest BCUT2D eigenvalue weighted by Crippen LogP contribution is -2.39. The highest BCUT2D eigenvalue weighted by atomic mass is 35.5. The van der Waals surface area contributed by atoms with Crippen molar-refractivity contribution in [1.82, 2.24) is 10.2 Å². The summed E-state index contributed by atoms with van der Waals surface area (Å²) in [6, 6.07) is 7.08. The van der Waals surface area contributed by atoms with Crippen LogP contribution in [-0.2, 0) is 11.3 Å². The number of aliphatic carboxylic acids is 1. The molecule has 2 amide bonds. The van der Waals surface area contributed by atoms with E-state index in [2.05, 4.69) is 5.32 Å². The fraction of sp³-hybridized carbons (Fsp3) is 0.467. The van der Waals surface area contributed by atoms with Crippen molar-refractivity contribution >= 4 is 23.6 Å². The third-order valence-electron chi connectivity index (χ3n) is 3.26. The number of carboxylic acids is 1. The molecular weight excluding hydrogens is 292 g/mol. The summed E-state index contributed by atoms with van der Waals surface area (Å²) in [5, 5.41) is 12.2. The number of carbonyl (C=O) groups is 2. The molecule has 1 unspecified atom stereocenters. The van der Waals surface area contributed by atoms with E-state index >= 15 is 0 Å². The van der Waals surface area contributed by atoms with Crippen molar-refractivity contribution in [3.05, 3.63) is 34.9 Å². The maximum atomic E-state index is 12.0. The van der Waals surface area contributed by atoms with Gasteiger partial charge in [-0.15, -0.1) is 0 Å². The van der Waals surface area contributed by atoms with Gasteiger partial charge in [0.1, 0.15) is 0 Å². The van der Waals surface area contributed by atoms with Crippen molar-refractivity contribution in [3.63, 3.8) is 0 Å². The van der Waals surface area contributed by atoms with E-state index in [0.717, 1.165) is 5.56 Å². The topological polar surface area (TPSA) is 69.6 Å². The highest BCUT2D eigenvalue weighted by Gasteiger charge is 2.14. The van der Waals surface area contributed by atoms with E-state index in [-0.39, 0.29) is 18.4 Å². The second-order valence-corrected chi connectivity index (χ2v) is 5.48. The normalized spacial score (nSPS) is 11.8. The van der Waals surface area contributed by atoms with E-state index in [1.807, 2.05) is 19.1 Å². The zero-order valence-electron chi connectivity index (χ0n) is 12.3. The summed E-state index contributed by atoms with van der Waals surface area (Å²) in [6.07, 6.45) is 0.783. The molecule has 2 N–H and O–H groups in total. The van der Waals surface area contributed by atoms with Gasteiger partial charge in [0.05, 0.1) is 0 Å². The number of halogens is 1. The third kappa shape index (κ3) is 6.49. The lowest BCUT2D eigenvalue weighted by Gasteiger charge is -2.20. The van der Waals surface area contributed by atoms with Crippen LogP contribution in [0.1, 0.15) is 25.3 Å². The van der Waals surface area contributed by atoms with Gasteiger partial charge in [0.15, 0.2) is 0 Å². The zero-order chi connectivity index (χ0) is 15.8. The lowest BCUT2D eigenvalue weighted by molar-refractivity contribution is -0.138. The Morgan fingerprint density at radius 3 is 2.48 bits per heavy atom. The Hall–Kier alpha value is -1.75. The van der Waals surface area contributed by atoms with Crippen LogP contribution in [0.2, 0.25) is 5.02 Å². The first-order valence-corrected chi connectivity index (χ1v) is 7.25. The Kier molecular flexibility index (Phi) is 7.02. The predicted octanol–water partition coefficient (Wildman–Crippen LogP) is 2.98. The van der Waals surface area contributed by atoms with E-state index in [0.29, 0.717) is 24.5 Å². The number of amides is 2. The minimum atomic E-state index is -0.842. The Bertz CT molecular complexity index is 476. The zero-order valence-corrected chi connectivity index (χ0v) is 13.1. The highest BCUT2D eigenvalue weighted by Crippen LogP contribution is 2.11.